The lowest BCUT2D eigenvalue weighted by Crippen LogP contribution is -2.25. The highest BCUT2D eigenvalue weighted by molar-refractivity contribution is 7.89. The Morgan fingerprint density at radius 1 is 1.10 bits per heavy atom. The van der Waals surface area contributed by atoms with E-state index < -0.39 is 10.0 Å². The Morgan fingerprint density at radius 2 is 1.83 bits per heavy atom. The monoisotopic (exact) mass is 452 g/mol. The van der Waals surface area contributed by atoms with Gasteiger partial charge in [0.2, 0.25) is 10.0 Å². The second kappa shape index (κ2) is 9.76. The molecule has 1 unspecified atom stereocenters. The van der Waals surface area contributed by atoms with Crippen molar-refractivity contribution in [2.45, 2.75) is 29.5 Å². The molecule has 0 radical (unpaired) electrons. The molecule has 1 N–H and O–H groups in total. The van der Waals surface area contributed by atoms with Gasteiger partial charge in [-0.05, 0) is 55.3 Å². The van der Waals surface area contributed by atoms with E-state index in [9.17, 15) is 8.42 Å². The summed E-state index contributed by atoms with van der Waals surface area (Å²) in [6, 6.07) is 15.8. The maximum atomic E-state index is 12.3. The number of aromatic nitrogens is 1. The number of fused-ring (bicyclic) bond motifs is 1. The number of sulfonamides is 1. The second-order valence-electron chi connectivity index (χ2n) is 6.66. The van der Waals surface area contributed by atoms with Crippen molar-refractivity contribution in [2.75, 3.05) is 13.7 Å². The summed E-state index contributed by atoms with van der Waals surface area (Å²) in [6.07, 6.45) is 1.90. The van der Waals surface area contributed by atoms with E-state index in [1.54, 1.807) is 12.1 Å². The molecule has 3 rings (SSSR count). The first-order valence-corrected chi connectivity index (χ1v) is 11.5. The Bertz CT molecular complexity index is 1070. The van der Waals surface area contributed by atoms with E-state index in [0.717, 1.165) is 16.6 Å². The lowest BCUT2D eigenvalue weighted by atomic mass is 10.1. The highest BCUT2D eigenvalue weighted by Gasteiger charge is 2.14. The highest BCUT2D eigenvalue weighted by Crippen LogP contribution is 2.20. The van der Waals surface area contributed by atoms with Gasteiger partial charge in [-0.25, -0.2) is 13.1 Å². The molecule has 0 spiro atoms. The average molecular weight is 453 g/mol. The maximum Gasteiger partial charge on any atom is 0.240 e. The first kappa shape index (κ1) is 21.8. The predicted octanol–water partition coefficient (Wildman–Crippen LogP) is 4.81. The number of rotatable bonds is 9. The van der Waals surface area contributed by atoms with Crippen LogP contribution in [-0.2, 0) is 16.4 Å². The van der Waals surface area contributed by atoms with Crippen LogP contribution in [0.25, 0.3) is 10.9 Å². The molecule has 0 saturated heterocycles. The quantitative estimate of drug-likeness (QED) is 0.373. The molecule has 0 bridgehead atoms. The Hall–Kier alpha value is -1.86. The maximum absolute atomic E-state index is 12.3. The van der Waals surface area contributed by atoms with Crippen LogP contribution in [0.2, 0.25) is 5.02 Å². The average Bonchev–Trinajstić information content (AvgIpc) is 2.71. The van der Waals surface area contributed by atoms with Gasteiger partial charge in [0, 0.05) is 34.4 Å². The fourth-order valence-corrected chi connectivity index (χ4v) is 4.50. The van der Waals surface area contributed by atoms with E-state index in [1.165, 1.54) is 19.2 Å². The van der Waals surface area contributed by atoms with Crippen molar-refractivity contribution < 1.29 is 13.2 Å². The Morgan fingerprint density at radius 3 is 2.55 bits per heavy atom. The van der Waals surface area contributed by atoms with Crippen LogP contribution >= 0.6 is 23.2 Å². The topological polar surface area (TPSA) is 68.3 Å². The third-order valence-electron chi connectivity index (χ3n) is 4.50. The first-order chi connectivity index (χ1) is 13.9. The number of nitrogens with one attached hydrogen (secondary N) is 1. The van der Waals surface area contributed by atoms with Crippen LogP contribution < -0.4 is 9.46 Å². The summed E-state index contributed by atoms with van der Waals surface area (Å²) in [5.74, 6) is 0.610. The fourth-order valence-electron chi connectivity index (χ4n) is 2.94. The van der Waals surface area contributed by atoms with Gasteiger partial charge < -0.3 is 4.74 Å². The highest BCUT2D eigenvalue weighted by atomic mass is 35.5. The van der Waals surface area contributed by atoms with E-state index in [1.807, 2.05) is 30.3 Å². The molecular weight excluding hydrogens is 431 g/mol. The standard InChI is InChI=1S/C21H22Cl2N2O3S/c1-28-19-8-10-20(11-9-19)29(26,27)24-12-2-3-16(22)13-18-7-5-15-4-6-17(23)14-21(15)25-18/h4-11,14,16,24H,2-3,12-13H2,1H3. The molecule has 1 aromatic heterocycles. The van der Waals surface area contributed by atoms with E-state index in [2.05, 4.69) is 9.71 Å². The Kier molecular flexibility index (Phi) is 7.35. The normalized spacial score (nSPS) is 12.8. The molecule has 1 atom stereocenters. The molecule has 0 saturated carbocycles. The third kappa shape index (κ3) is 6.06. The predicted molar refractivity (Wildman–Crippen MR) is 118 cm³/mol. The van der Waals surface area contributed by atoms with Crippen LogP contribution in [0.4, 0.5) is 0 Å². The number of benzene rings is 2. The van der Waals surface area contributed by atoms with Gasteiger partial charge in [-0.15, -0.1) is 11.6 Å². The van der Waals surface area contributed by atoms with Crippen LogP contribution in [0.5, 0.6) is 5.75 Å². The van der Waals surface area contributed by atoms with E-state index >= 15 is 0 Å². The number of pyridine rings is 1. The number of halogens is 2. The summed E-state index contributed by atoms with van der Waals surface area (Å²) < 4.78 is 32.3. The van der Waals surface area contributed by atoms with Crippen LogP contribution in [0.1, 0.15) is 18.5 Å². The molecule has 0 aliphatic carbocycles. The number of hydrogen-bond donors (Lipinski definition) is 1. The molecule has 0 fully saturated rings. The SMILES string of the molecule is COc1ccc(S(=O)(=O)NCCCC(Cl)Cc2ccc3ccc(Cl)cc3n2)cc1. The van der Waals surface area contributed by atoms with E-state index in [-0.39, 0.29) is 10.3 Å². The lowest BCUT2D eigenvalue weighted by molar-refractivity contribution is 0.414. The summed E-state index contributed by atoms with van der Waals surface area (Å²) in [4.78, 5) is 4.81. The van der Waals surface area contributed by atoms with Crippen molar-refractivity contribution in [1.29, 1.82) is 0 Å². The summed E-state index contributed by atoms with van der Waals surface area (Å²) in [5.41, 5.74) is 1.73. The van der Waals surface area contributed by atoms with Crippen molar-refractivity contribution in [1.82, 2.24) is 9.71 Å². The summed E-state index contributed by atoms with van der Waals surface area (Å²) in [7, 11) is -2.01. The van der Waals surface area contributed by atoms with Crippen molar-refractivity contribution in [3.05, 3.63) is 65.3 Å². The lowest BCUT2D eigenvalue weighted by Gasteiger charge is -2.11. The fraction of sp³-hybridized carbons (Fsp3) is 0.286. The van der Waals surface area contributed by atoms with Crippen LogP contribution in [-0.4, -0.2) is 32.4 Å². The molecule has 0 amide bonds. The number of methoxy groups -OCH3 is 1. The number of alkyl halides is 1. The molecule has 8 heteroatoms. The zero-order valence-corrected chi connectivity index (χ0v) is 18.3. The van der Waals surface area contributed by atoms with Crippen molar-refractivity contribution in [3.8, 4) is 5.75 Å². The van der Waals surface area contributed by atoms with Gasteiger partial charge in [0.1, 0.15) is 5.75 Å². The van der Waals surface area contributed by atoms with E-state index in [4.69, 9.17) is 27.9 Å². The minimum Gasteiger partial charge on any atom is -0.497 e. The third-order valence-corrected chi connectivity index (χ3v) is 6.58. The first-order valence-electron chi connectivity index (χ1n) is 9.20. The minimum absolute atomic E-state index is 0.135. The van der Waals surface area contributed by atoms with Gasteiger partial charge in [-0.2, -0.15) is 0 Å². The van der Waals surface area contributed by atoms with Gasteiger partial charge in [-0.1, -0.05) is 23.7 Å². The molecule has 3 aromatic rings. The van der Waals surface area contributed by atoms with Gasteiger partial charge in [0.25, 0.3) is 0 Å². The molecule has 29 heavy (non-hydrogen) atoms. The number of ether oxygens (including phenoxy) is 1. The number of hydrogen-bond acceptors (Lipinski definition) is 4. The molecule has 154 valence electrons. The van der Waals surface area contributed by atoms with Crippen LogP contribution in [0.3, 0.4) is 0 Å². The summed E-state index contributed by atoms with van der Waals surface area (Å²) in [5, 5.41) is 1.54. The molecule has 0 aliphatic heterocycles. The van der Waals surface area contributed by atoms with Gasteiger partial charge in [0.05, 0.1) is 17.5 Å². The van der Waals surface area contributed by atoms with Crippen molar-refractivity contribution in [3.63, 3.8) is 0 Å². The van der Waals surface area contributed by atoms with Crippen molar-refractivity contribution in [2.24, 2.45) is 0 Å². The molecular formula is C21H22Cl2N2O3S. The van der Waals surface area contributed by atoms with Crippen molar-refractivity contribution >= 4 is 44.1 Å². The second-order valence-corrected chi connectivity index (χ2v) is 9.48. The molecule has 1 heterocycles. The summed E-state index contributed by atoms with van der Waals surface area (Å²) >= 11 is 12.5. The van der Waals surface area contributed by atoms with Crippen LogP contribution in [0, 0.1) is 0 Å². The smallest absolute Gasteiger partial charge is 0.240 e. The van der Waals surface area contributed by atoms with Gasteiger partial charge >= 0.3 is 0 Å². The zero-order chi connectivity index (χ0) is 20.9. The van der Waals surface area contributed by atoms with Gasteiger partial charge in [0.15, 0.2) is 0 Å². The minimum atomic E-state index is -3.54. The Labute approximate surface area is 181 Å². The number of nitrogens with zero attached hydrogens (tertiary/aromatic N) is 1. The zero-order valence-electron chi connectivity index (χ0n) is 15.9. The summed E-state index contributed by atoms with van der Waals surface area (Å²) in [6.45, 7) is 0.318. The largest absolute Gasteiger partial charge is 0.497 e. The Balaban J connectivity index is 1.48. The molecule has 5 nitrogen and oxygen atoms in total. The van der Waals surface area contributed by atoms with Crippen LogP contribution in [0.15, 0.2) is 59.5 Å². The van der Waals surface area contributed by atoms with E-state index in [0.29, 0.717) is 36.6 Å². The molecule has 2 aromatic carbocycles. The van der Waals surface area contributed by atoms with Gasteiger partial charge in [-0.3, -0.25) is 4.98 Å². The molecule has 0 aliphatic rings.